The topological polar surface area (TPSA) is 89.9 Å². The summed E-state index contributed by atoms with van der Waals surface area (Å²) >= 11 is 0. The van der Waals surface area contributed by atoms with Gasteiger partial charge in [-0.2, -0.15) is 0 Å². The summed E-state index contributed by atoms with van der Waals surface area (Å²) in [7, 11) is 1.54. The normalized spacial score (nSPS) is 19.7. The van der Waals surface area contributed by atoms with Gasteiger partial charge in [0.05, 0.1) is 12.6 Å². The average molecular weight is 244 g/mol. The molecular weight excluding hydrogens is 224 g/mol. The van der Waals surface area contributed by atoms with Gasteiger partial charge in [0, 0.05) is 7.05 Å². The van der Waals surface area contributed by atoms with E-state index in [-0.39, 0.29) is 12.6 Å². The smallest absolute Gasteiger partial charge is 0.329 e. The highest BCUT2D eigenvalue weighted by Gasteiger charge is 2.43. The van der Waals surface area contributed by atoms with Gasteiger partial charge in [-0.1, -0.05) is 12.8 Å². The van der Waals surface area contributed by atoms with Crippen LogP contribution in [0.25, 0.3) is 0 Å². The van der Waals surface area contributed by atoms with Crippen molar-refractivity contribution in [1.82, 2.24) is 10.2 Å². The first-order valence-electron chi connectivity index (χ1n) is 5.82. The Morgan fingerprint density at radius 2 is 1.94 bits per heavy atom. The van der Waals surface area contributed by atoms with Gasteiger partial charge in [-0.05, 0) is 19.8 Å². The molecule has 1 fully saturated rings. The summed E-state index contributed by atoms with van der Waals surface area (Å²) in [5.41, 5.74) is -1.12. The van der Waals surface area contributed by atoms with Gasteiger partial charge >= 0.3 is 12.0 Å². The summed E-state index contributed by atoms with van der Waals surface area (Å²) in [4.78, 5) is 24.4. The maximum atomic E-state index is 11.8. The molecule has 1 atom stereocenters. The Bertz CT molecular complexity index is 300. The van der Waals surface area contributed by atoms with E-state index in [1.165, 1.54) is 4.90 Å². The van der Waals surface area contributed by atoms with Crippen LogP contribution >= 0.6 is 0 Å². The Hall–Kier alpha value is -1.30. The molecule has 1 unspecified atom stereocenters. The van der Waals surface area contributed by atoms with E-state index >= 15 is 0 Å². The summed E-state index contributed by atoms with van der Waals surface area (Å²) in [6.07, 6.45) is 2.56. The van der Waals surface area contributed by atoms with Crippen LogP contribution in [0, 0.1) is 0 Å². The van der Waals surface area contributed by atoms with E-state index in [4.69, 9.17) is 5.11 Å². The minimum Gasteiger partial charge on any atom is -0.480 e. The van der Waals surface area contributed by atoms with Crippen molar-refractivity contribution >= 4 is 12.0 Å². The Labute approximate surface area is 101 Å². The summed E-state index contributed by atoms with van der Waals surface area (Å²) < 4.78 is 0. The first kappa shape index (κ1) is 13.8. The summed E-state index contributed by atoms with van der Waals surface area (Å²) in [5, 5.41) is 20.7. The number of nitrogens with one attached hydrogen (secondary N) is 1. The number of amides is 2. The molecule has 0 radical (unpaired) electrons. The molecule has 0 spiro atoms. The number of likely N-dealkylation sites (N-methyl/N-ethyl adjacent to an activating group) is 1. The van der Waals surface area contributed by atoms with Crippen molar-refractivity contribution in [2.24, 2.45) is 0 Å². The lowest BCUT2D eigenvalue weighted by Crippen LogP contribution is -2.57. The third kappa shape index (κ3) is 2.88. The van der Waals surface area contributed by atoms with E-state index in [1.54, 1.807) is 14.0 Å². The number of hydrogen-bond donors (Lipinski definition) is 3. The Balaban J connectivity index is 2.68. The minimum atomic E-state index is -1.12. The van der Waals surface area contributed by atoms with Crippen molar-refractivity contribution in [1.29, 1.82) is 0 Å². The molecule has 0 aliphatic heterocycles. The molecule has 17 heavy (non-hydrogen) atoms. The van der Waals surface area contributed by atoms with Crippen LogP contribution in [0.15, 0.2) is 0 Å². The minimum absolute atomic E-state index is 0.149. The number of aliphatic hydroxyl groups is 1. The van der Waals surface area contributed by atoms with Crippen molar-refractivity contribution < 1.29 is 19.8 Å². The van der Waals surface area contributed by atoms with Gasteiger partial charge < -0.3 is 20.4 Å². The second-order valence-corrected chi connectivity index (χ2v) is 4.67. The lowest BCUT2D eigenvalue weighted by Gasteiger charge is -2.30. The first-order valence-corrected chi connectivity index (χ1v) is 5.82. The predicted molar refractivity (Wildman–Crippen MR) is 61.7 cm³/mol. The third-order valence-electron chi connectivity index (χ3n) is 3.46. The number of carboxylic acids is 1. The first-order chi connectivity index (χ1) is 7.93. The zero-order valence-corrected chi connectivity index (χ0v) is 10.3. The fourth-order valence-electron chi connectivity index (χ4n) is 1.99. The van der Waals surface area contributed by atoms with Crippen molar-refractivity contribution in [3.8, 4) is 0 Å². The Morgan fingerprint density at radius 1 is 1.41 bits per heavy atom. The van der Waals surface area contributed by atoms with Gasteiger partial charge in [0.1, 0.15) is 5.54 Å². The number of rotatable bonds is 4. The van der Waals surface area contributed by atoms with E-state index in [1.807, 2.05) is 0 Å². The molecular formula is C11H20N2O4. The van der Waals surface area contributed by atoms with Crippen LogP contribution in [0.1, 0.15) is 32.6 Å². The number of nitrogens with zero attached hydrogens (tertiary/aromatic N) is 1. The lowest BCUT2D eigenvalue weighted by atomic mass is 9.98. The van der Waals surface area contributed by atoms with Crippen LogP contribution in [-0.2, 0) is 4.79 Å². The molecule has 1 saturated carbocycles. The fourth-order valence-corrected chi connectivity index (χ4v) is 1.99. The predicted octanol–water partition coefficient (Wildman–Crippen LogP) is 0.406. The van der Waals surface area contributed by atoms with E-state index in [0.29, 0.717) is 12.8 Å². The third-order valence-corrected chi connectivity index (χ3v) is 3.46. The number of aliphatic carboxylic acids is 1. The Morgan fingerprint density at radius 3 is 2.35 bits per heavy atom. The van der Waals surface area contributed by atoms with Crippen molar-refractivity contribution in [3.63, 3.8) is 0 Å². The molecule has 0 saturated heterocycles. The van der Waals surface area contributed by atoms with Crippen LogP contribution < -0.4 is 5.32 Å². The molecule has 6 nitrogen and oxygen atoms in total. The SMILES string of the molecule is CC(CO)N(C)C(=O)NC1(C(=O)O)CCCC1. The van der Waals surface area contributed by atoms with Crippen LogP contribution in [0.4, 0.5) is 4.79 Å². The van der Waals surface area contributed by atoms with Crippen LogP contribution in [-0.4, -0.2) is 52.3 Å². The maximum Gasteiger partial charge on any atom is 0.329 e. The van der Waals surface area contributed by atoms with E-state index in [2.05, 4.69) is 5.32 Å². The molecule has 1 aliphatic carbocycles. The quantitative estimate of drug-likeness (QED) is 0.668. The molecule has 0 bridgehead atoms. The highest BCUT2D eigenvalue weighted by atomic mass is 16.4. The van der Waals surface area contributed by atoms with Crippen LogP contribution in [0.3, 0.4) is 0 Å². The van der Waals surface area contributed by atoms with Crippen LogP contribution in [0.2, 0.25) is 0 Å². The lowest BCUT2D eigenvalue weighted by molar-refractivity contribution is -0.144. The van der Waals surface area contributed by atoms with Gasteiger partial charge in [-0.3, -0.25) is 0 Å². The summed E-state index contributed by atoms with van der Waals surface area (Å²) in [6, 6.07) is -0.780. The van der Waals surface area contributed by atoms with Gasteiger partial charge in [0.2, 0.25) is 0 Å². The zero-order valence-electron chi connectivity index (χ0n) is 10.3. The number of carbonyl (C=O) groups excluding carboxylic acids is 1. The van der Waals surface area contributed by atoms with Gasteiger partial charge in [-0.15, -0.1) is 0 Å². The van der Waals surface area contributed by atoms with Crippen LogP contribution in [0.5, 0.6) is 0 Å². The largest absolute Gasteiger partial charge is 0.480 e. The molecule has 3 N–H and O–H groups in total. The zero-order chi connectivity index (χ0) is 13.1. The molecule has 1 aliphatic rings. The maximum absolute atomic E-state index is 11.8. The highest BCUT2D eigenvalue weighted by Crippen LogP contribution is 2.30. The van der Waals surface area contributed by atoms with Crippen molar-refractivity contribution in [2.45, 2.75) is 44.2 Å². The van der Waals surface area contributed by atoms with E-state index < -0.39 is 17.5 Å². The van der Waals surface area contributed by atoms with Crippen molar-refractivity contribution in [3.05, 3.63) is 0 Å². The second kappa shape index (κ2) is 5.35. The molecule has 0 aromatic heterocycles. The second-order valence-electron chi connectivity index (χ2n) is 4.67. The van der Waals surface area contributed by atoms with E-state index in [9.17, 15) is 14.7 Å². The van der Waals surface area contributed by atoms with Gasteiger partial charge in [0.25, 0.3) is 0 Å². The van der Waals surface area contributed by atoms with E-state index in [0.717, 1.165) is 12.8 Å². The molecule has 0 aromatic rings. The molecule has 1 rings (SSSR count). The summed E-state index contributed by atoms with van der Waals surface area (Å²) in [6.45, 7) is 1.55. The summed E-state index contributed by atoms with van der Waals surface area (Å²) in [5.74, 6) is -0.978. The molecule has 2 amide bonds. The van der Waals surface area contributed by atoms with Gasteiger partial charge in [-0.25, -0.2) is 9.59 Å². The standard InChI is InChI=1S/C11H20N2O4/c1-8(7-14)13(2)10(17)12-11(9(15)16)5-3-4-6-11/h8,14H,3-7H2,1-2H3,(H,12,17)(H,15,16). The highest BCUT2D eigenvalue weighted by molar-refractivity contribution is 5.86. The molecule has 0 heterocycles. The number of carbonyl (C=O) groups is 2. The Kier molecular flexibility index (Phi) is 4.34. The number of carboxylic acid groups (broad SMARTS) is 1. The molecule has 0 aromatic carbocycles. The molecule has 6 heteroatoms. The number of hydrogen-bond acceptors (Lipinski definition) is 3. The van der Waals surface area contributed by atoms with Crippen molar-refractivity contribution in [2.75, 3.05) is 13.7 Å². The molecule has 98 valence electrons. The van der Waals surface area contributed by atoms with Gasteiger partial charge in [0.15, 0.2) is 0 Å². The average Bonchev–Trinajstić information content (AvgIpc) is 2.76. The monoisotopic (exact) mass is 244 g/mol. The number of aliphatic hydroxyl groups excluding tert-OH is 1. The number of urea groups is 1. The fraction of sp³-hybridized carbons (Fsp3) is 0.818.